The highest BCUT2D eigenvalue weighted by molar-refractivity contribution is 7.91. The maximum atomic E-state index is 14.8. The van der Waals surface area contributed by atoms with E-state index >= 15 is 0 Å². The van der Waals surface area contributed by atoms with Crippen LogP contribution in [0.5, 0.6) is 5.75 Å². The number of benzene rings is 3. The molecule has 3 aromatic rings. The van der Waals surface area contributed by atoms with Gasteiger partial charge in [0.15, 0.2) is 5.44 Å². The number of aliphatic imine (C=N–C) groups is 2. The number of nitrogens with zero attached hydrogens (tertiary/aromatic N) is 3. The monoisotopic (exact) mass is 804 g/mol. The number of hydrogen-bond donors (Lipinski definition) is 1. The van der Waals surface area contributed by atoms with Gasteiger partial charge in [0.25, 0.3) is 0 Å². The SMILES string of the molecule is CCO[C@H](C)COCc1ccc([C@H]2C[C@H](C(N=C=O)C(C)(C)N=C=O)NC[C@@H]2OC(c2ccc3c(c2)N(CCCOC)CCO3)S(=O)(=O)c2ccc(C)cc2)cc1. The van der Waals surface area contributed by atoms with E-state index in [1.165, 1.54) is 0 Å². The van der Waals surface area contributed by atoms with E-state index in [-0.39, 0.29) is 23.5 Å². The molecule has 1 fully saturated rings. The summed E-state index contributed by atoms with van der Waals surface area (Å²) >= 11 is 0. The summed E-state index contributed by atoms with van der Waals surface area (Å²) in [6.07, 6.45) is 3.77. The van der Waals surface area contributed by atoms with Gasteiger partial charge in [-0.3, -0.25) is 0 Å². The fourth-order valence-electron chi connectivity index (χ4n) is 7.58. The third-order valence-corrected chi connectivity index (χ3v) is 12.4. The zero-order valence-corrected chi connectivity index (χ0v) is 34.6. The van der Waals surface area contributed by atoms with E-state index in [0.29, 0.717) is 63.9 Å². The summed E-state index contributed by atoms with van der Waals surface area (Å²) in [5, 5.41) is 3.47. The number of rotatable bonds is 20. The van der Waals surface area contributed by atoms with Gasteiger partial charge in [-0.05, 0) is 88.4 Å². The highest BCUT2D eigenvalue weighted by Crippen LogP contribution is 2.42. The number of isocyanates is 2. The Hall–Kier alpha value is -4.23. The van der Waals surface area contributed by atoms with Gasteiger partial charge in [0.2, 0.25) is 22.0 Å². The van der Waals surface area contributed by atoms with Crippen molar-refractivity contribution in [2.75, 3.05) is 58.1 Å². The molecule has 0 saturated carbocycles. The topological polar surface area (TPSA) is 154 Å². The first-order chi connectivity index (χ1) is 27.4. The van der Waals surface area contributed by atoms with Crippen molar-refractivity contribution in [1.82, 2.24) is 5.32 Å². The van der Waals surface area contributed by atoms with Crippen LogP contribution in [-0.2, 0) is 45.0 Å². The first kappa shape index (κ1) is 43.9. The Morgan fingerprint density at radius 1 is 1.05 bits per heavy atom. The van der Waals surface area contributed by atoms with Crippen molar-refractivity contribution in [1.29, 1.82) is 0 Å². The van der Waals surface area contributed by atoms with E-state index in [0.717, 1.165) is 28.8 Å². The lowest BCUT2D eigenvalue weighted by Crippen LogP contribution is -2.56. The van der Waals surface area contributed by atoms with E-state index < -0.39 is 39.0 Å². The minimum absolute atomic E-state index is 0.0286. The number of fused-ring (bicyclic) bond motifs is 1. The average Bonchev–Trinajstić information content (AvgIpc) is 3.19. The Morgan fingerprint density at radius 2 is 1.81 bits per heavy atom. The molecule has 1 saturated heterocycles. The summed E-state index contributed by atoms with van der Waals surface area (Å²) in [6, 6.07) is 19.0. The molecule has 3 aromatic carbocycles. The lowest BCUT2D eigenvalue weighted by Gasteiger charge is -2.42. The van der Waals surface area contributed by atoms with Crippen molar-refractivity contribution >= 4 is 27.7 Å². The quantitative estimate of drug-likeness (QED) is 0.0814. The van der Waals surface area contributed by atoms with Crippen LogP contribution in [0.3, 0.4) is 0 Å². The van der Waals surface area contributed by atoms with Crippen LogP contribution in [0, 0.1) is 6.92 Å². The van der Waals surface area contributed by atoms with Gasteiger partial charge in [0, 0.05) is 45.4 Å². The van der Waals surface area contributed by atoms with Crippen molar-refractivity contribution in [2.45, 2.75) is 100 Å². The molecule has 0 bridgehead atoms. The van der Waals surface area contributed by atoms with Gasteiger partial charge in [-0.15, -0.1) is 0 Å². The van der Waals surface area contributed by atoms with Gasteiger partial charge < -0.3 is 33.9 Å². The highest BCUT2D eigenvalue weighted by Gasteiger charge is 2.44. The van der Waals surface area contributed by atoms with Crippen molar-refractivity contribution in [3.8, 4) is 5.75 Å². The minimum Gasteiger partial charge on any atom is -0.490 e. The molecule has 13 nitrogen and oxygen atoms in total. The number of sulfone groups is 1. The van der Waals surface area contributed by atoms with E-state index in [1.807, 2.05) is 57.2 Å². The molecule has 308 valence electrons. The molecule has 0 radical (unpaired) electrons. The summed E-state index contributed by atoms with van der Waals surface area (Å²) in [5.74, 6) is 0.305. The lowest BCUT2D eigenvalue weighted by atomic mass is 9.78. The Bertz CT molecular complexity index is 1960. The van der Waals surface area contributed by atoms with Gasteiger partial charge in [0.1, 0.15) is 18.4 Å². The summed E-state index contributed by atoms with van der Waals surface area (Å²) in [5.41, 5.74) is 1.59. The van der Waals surface area contributed by atoms with Gasteiger partial charge >= 0.3 is 0 Å². The lowest BCUT2D eigenvalue weighted by molar-refractivity contribution is -0.00952. The van der Waals surface area contributed by atoms with Gasteiger partial charge in [-0.25, -0.2) is 18.0 Å². The summed E-state index contributed by atoms with van der Waals surface area (Å²) in [7, 11) is -2.45. The molecule has 2 heterocycles. The van der Waals surface area contributed by atoms with Crippen molar-refractivity contribution in [2.24, 2.45) is 9.98 Å². The van der Waals surface area contributed by atoms with Crippen LogP contribution in [0.4, 0.5) is 5.69 Å². The average molecular weight is 805 g/mol. The zero-order valence-electron chi connectivity index (χ0n) is 33.8. The molecule has 0 aliphatic carbocycles. The van der Waals surface area contributed by atoms with Crippen LogP contribution in [0.25, 0.3) is 0 Å². The number of methoxy groups -OCH3 is 1. The van der Waals surface area contributed by atoms with Crippen LogP contribution in [0.1, 0.15) is 74.1 Å². The van der Waals surface area contributed by atoms with E-state index in [4.69, 9.17) is 23.7 Å². The third kappa shape index (κ3) is 11.2. The van der Waals surface area contributed by atoms with Crippen LogP contribution in [0.15, 0.2) is 81.6 Å². The summed E-state index contributed by atoms with van der Waals surface area (Å²) in [6.45, 7) is 13.4. The standard InChI is InChI=1S/C43H56N4O9S/c1-7-54-31(3)26-53-27-32-11-13-33(14-12-32)36-24-37(41(45-28-48)43(4,5)46-29-49)44-25-40(36)56-42(57(50,51)35-16-9-30(2)10-17-35)34-15-18-39-38(23-34)47(20-22-55-39)19-8-21-52-6/h9-18,23,31,36-37,40-42,44H,7-8,19-22,24-27H2,1-6H3/t31-,36-,37-,40+,41?,42?/m1/s1. The number of nitrogens with one attached hydrogen (secondary N) is 1. The predicted octanol–water partition coefficient (Wildman–Crippen LogP) is 5.99. The molecule has 2 aliphatic heterocycles. The fourth-order valence-corrected chi connectivity index (χ4v) is 9.14. The zero-order chi connectivity index (χ0) is 41.0. The number of carbonyl (C=O) groups excluding carboxylic acids is 2. The van der Waals surface area contributed by atoms with Crippen LogP contribution < -0.4 is 15.0 Å². The first-order valence-corrected chi connectivity index (χ1v) is 21.1. The van der Waals surface area contributed by atoms with Gasteiger partial charge in [0.05, 0.1) is 48.1 Å². The van der Waals surface area contributed by atoms with Crippen molar-refractivity contribution < 1.29 is 41.7 Å². The van der Waals surface area contributed by atoms with Crippen molar-refractivity contribution in [3.63, 3.8) is 0 Å². The Balaban J connectivity index is 1.54. The van der Waals surface area contributed by atoms with Gasteiger partial charge in [-0.1, -0.05) is 48.0 Å². The highest BCUT2D eigenvalue weighted by atomic mass is 32.2. The second-order valence-corrected chi connectivity index (χ2v) is 17.2. The maximum Gasteiger partial charge on any atom is 0.235 e. The maximum absolute atomic E-state index is 14.8. The second kappa shape index (κ2) is 20.5. The molecule has 2 unspecified atom stereocenters. The van der Waals surface area contributed by atoms with Crippen molar-refractivity contribution in [3.05, 3.63) is 89.0 Å². The van der Waals surface area contributed by atoms with Crippen LogP contribution in [0.2, 0.25) is 0 Å². The Kier molecular flexibility index (Phi) is 15.7. The molecule has 2 aliphatic rings. The predicted molar refractivity (Wildman–Crippen MR) is 217 cm³/mol. The number of hydrogen-bond acceptors (Lipinski definition) is 13. The number of ether oxygens (including phenoxy) is 5. The molecule has 5 rings (SSSR count). The van der Waals surface area contributed by atoms with Crippen LogP contribution in [-0.4, -0.2) is 104 Å². The van der Waals surface area contributed by atoms with E-state index in [2.05, 4.69) is 20.2 Å². The summed E-state index contributed by atoms with van der Waals surface area (Å²) < 4.78 is 59.3. The number of piperidine rings is 1. The molecule has 0 aromatic heterocycles. The number of aryl methyl sites for hydroxylation is 1. The molecule has 0 amide bonds. The molecular formula is C43H56N4O9S. The van der Waals surface area contributed by atoms with Crippen LogP contribution >= 0.6 is 0 Å². The third-order valence-electron chi connectivity index (χ3n) is 10.6. The van der Waals surface area contributed by atoms with Gasteiger partial charge in [-0.2, -0.15) is 9.98 Å². The smallest absolute Gasteiger partial charge is 0.235 e. The normalized spacial score (nSPS) is 20.0. The number of anilines is 1. The fraction of sp³-hybridized carbons (Fsp3) is 0.535. The molecule has 0 spiro atoms. The van der Waals surface area contributed by atoms with E-state index in [1.54, 1.807) is 63.4 Å². The second-order valence-electron chi connectivity index (χ2n) is 15.2. The summed E-state index contributed by atoms with van der Waals surface area (Å²) in [4.78, 5) is 33.5. The molecular weight excluding hydrogens is 749 g/mol. The first-order valence-electron chi connectivity index (χ1n) is 19.6. The molecule has 6 atom stereocenters. The Labute approximate surface area is 336 Å². The molecule has 14 heteroatoms. The Morgan fingerprint density at radius 3 is 2.49 bits per heavy atom. The van der Waals surface area contributed by atoms with E-state index in [9.17, 15) is 18.0 Å². The molecule has 1 N–H and O–H groups in total. The minimum atomic E-state index is -4.12. The largest absolute Gasteiger partial charge is 0.490 e. The molecule has 57 heavy (non-hydrogen) atoms.